The topological polar surface area (TPSA) is 83.3 Å². The van der Waals surface area contributed by atoms with Crippen molar-refractivity contribution in [1.82, 2.24) is 9.97 Å². The number of aryl methyl sites for hydroxylation is 2. The number of unbranched alkanes of at least 4 members (excludes halogenated alkanes) is 1. The van der Waals surface area contributed by atoms with Gasteiger partial charge < -0.3 is 10.2 Å². The molecule has 0 atom stereocenters. The van der Waals surface area contributed by atoms with E-state index in [1.54, 1.807) is 0 Å². The molecule has 1 aromatic rings. The van der Waals surface area contributed by atoms with Gasteiger partial charge in [-0.2, -0.15) is 0 Å². The van der Waals surface area contributed by atoms with Crippen LogP contribution in [0.2, 0.25) is 0 Å². The quantitative estimate of drug-likeness (QED) is 0.573. The first kappa shape index (κ1) is 15.7. The normalized spacial score (nSPS) is 9.41. The Balaban J connectivity index is 0.000000557. The second-order valence-corrected chi connectivity index (χ2v) is 3.96. The van der Waals surface area contributed by atoms with Gasteiger partial charge >= 0.3 is 6.16 Å². The zero-order valence-corrected chi connectivity index (χ0v) is 11.2. The molecule has 0 fully saturated rings. The summed E-state index contributed by atoms with van der Waals surface area (Å²) < 4.78 is 0. The third-order valence-corrected chi connectivity index (χ3v) is 2.39. The number of aromatic nitrogens is 2. The van der Waals surface area contributed by atoms with Gasteiger partial charge in [0, 0.05) is 11.4 Å². The van der Waals surface area contributed by atoms with Crippen LogP contribution in [-0.2, 0) is 6.42 Å². The summed E-state index contributed by atoms with van der Waals surface area (Å²) >= 11 is 4.14. The number of carbonyl (C=O) groups is 1. The summed E-state index contributed by atoms with van der Waals surface area (Å²) in [6.07, 6.45) is 1.67. The minimum absolute atomic E-state index is 0.579. The Morgan fingerprint density at radius 2 is 1.65 bits per heavy atom. The van der Waals surface area contributed by atoms with Crippen LogP contribution in [-0.4, -0.2) is 26.3 Å². The van der Waals surface area contributed by atoms with Crippen LogP contribution in [0.4, 0.5) is 4.79 Å². The van der Waals surface area contributed by atoms with Crippen molar-refractivity contribution < 1.29 is 15.0 Å². The molecule has 1 aromatic heterocycles. The molecular weight excluding hydrogens is 240 g/mol. The molecule has 0 aromatic carbocycles. The van der Waals surface area contributed by atoms with E-state index < -0.39 is 6.16 Å². The van der Waals surface area contributed by atoms with Gasteiger partial charge in [-0.1, -0.05) is 13.3 Å². The van der Waals surface area contributed by atoms with Crippen molar-refractivity contribution >= 4 is 18.8 Å². The van der Waals surface area contributed by atoms with Crippen LogP contribution in [0.25, 0.3) is 0 Å². The minimum Gasteiger partial charge on any atom is -0.450 e. The lowest BCUT2D eigenvalue weighted by Gasteiger charge is -2.07. The maximum atomic E-state index is 8.56. The summed E-state index contributed by atoms with van der Waals surface area (Å²) in [6, 6.07) is 0. The lowest BCUT2D eigenvalue weighted by Crippen LogP contribution is -2.01. The van der Waals surface area contributed by atoms with Gasteiger partial charge in [0.2, 0.25) is 0 Å². The second-order valence-electron chi connectivity index (χ2n) is 3.56. The number of hydrogen-bond donors (Lipinski definition) is 3. The summed E-state index contributed by atoms with van der Waals surface area (Å²) in [5.41, 5.74) is 3.44. The van der Waals surface area contributed by atoms with Crippen LogP contribution in [0.1, 0.15) is 36.7 Å². The van der Waals surface area contributed by atoms with Crippen molar-refractivity contribution in [2.24, 2.45) is 0 Å². The molecule has 0 spiro atoms. The molecule has 0 aliphatic rings. The van der Waals surface area contributed by atoms with E-state index in [1.807, 2.05) is 13.8 Å². The van der Waals surface area contributed by atoms with Gasteiger partial charge in [-0.3, -0.25) is 0 Å². The van der Waals surface area contributed by atoms with E-state index in [1.165, 1.54) is 18.4 Å². The molecule has 1 rings (SSSR count). The smallest absolute Gasteiger partial charge is 0.450 e. The van der Waals surface area contributed by atoms with E-state index in [4.69, 9.17) is 15.0 Å². The fraction of sp³-hybridized carbons (Fsp3) is 0.545. The largest absolute Gasteiger partial charge is 0.503 e. The molecule has 0 saturated carbocycles. The SMILES string of the molecule is CCCCc1c(C)nc(S)nc1C.O=C(O)O. The van der Waals surface area contributed by atoms with Crippen molar-refractivity contribution in [3.05, 3.63) is 17.0 Å². The average Bonchev–Trinajstić information content (AvgIpc) is 2.15. The van der Waals surface area contributed by atoms with Crippen LogP contribution in [0.5, 0.6) is 0 Å². The first-order chi connectivity index (χ1) is 7.88. The van der Waals surface area contributed by atoms with Gasteiger partial charge in [-0.25, -0.2) is 14.8 Å². The predicted octanol–water partition coefficient (Wildman–Crippen LogP) is 2.95. The highest BCUT2D eigenvalue weighted by molar-refractivity contribution is 7.80. The van der Waals surface area contributed by atoms with Crippen molar-refractivity contribution in [3.63, 3.8) is 0 Å². The summed E-state index contributed by atoms with van der Waals surface area (Å²) in [4.78, 5) is 17.0. The fourth-order valence-electron chi connectivity index (χ4n) is 1.44. The zero-order valence-electron chi connectivity index (χ0n) is 10.3. The molecular formula is C11H18N2O3S. The Kier molecular flexibility index (Phi) is 7.29. The molecule has 0 bridgehead atoms. The molecule has 0 aliphatic carbocycles. The predicted molar refractivity (Wildman–Crippen MR) is 68.0 cm³/mol. The first-order valence-electron chi connectivity index (χ1n) is 5.33. The van der Waals surface area contributed by atoms with Crippen LogP contribution in [0.15, 0.2) is 5.16 Å². The van der Waals surface area contributed by atoms with E-state index in [9.17, 15) is 0 Å². The highest BCUT2D eigenvalue weighted by Crippen LogP contribution is 2.14. The number of rotatable bonds is 3. The summed E-state index contributed by atoms with van der Waals surface area (Å²) in [5.74, 6) is 0. The van der Waals surface area contributed by atoms with Gasteiger partial charge in [0.05, 0.1) is 0 Å². The van der Waals surface area contributed by atoms with E-state index in [0.717, 1.165) is 17.8 Å². The molecule has 96 valence electrons. The first-order valence-corrected chi connectivity index (χ1v) is 5.78. The molecule has 0 amide bonds. The molecule has 0 saturated heterocycles. The number of hydrogen-bond acceptors (Lipinski definition) is 4. The maximum Gasteiger partial charge on any atom is 0.503 e. The van der Waals surface area contributed by atoms with Gasteiger partial charge in [0.15, 0.2) is 5.16 Å². The third-order valence-electron chi connectivity index (χ3n) is 2.19. The van der Waals surface area contributed by atoms with Crippen molar-refractivity contribution in [2.45, 2.75) is 45.2 Å². The van der Waals surface area contributed by atoms with Crippen molar-refractivity contribution in [1.29, 1.82) is 0 Å². The lowest BCUT2D eigenvalue weighted by molar-refractivity contribution is 0.137. The molecule has 6 heteroatoms. The summed E-state index contributed by atoms with van der Waals surface area (Å²) in [7, 11) is 0. The Morgan fingerprint density at radius 3 is 2.00 bits per heavy atom. The van der Waals surface area contributed by atoms with Crippen molar-refractivity contribution in [2.75, 3.05) is 0 Å². The minimum atomic E-state index is -1.83. The van der Waals surface area contributed by atoms with E-state index in [2.05, 4.69) is 29.5 Å². The summed E-state index contributed by atoms with van der Waals surface area (Å²) in [6.45, 7) is 6.25. The maximum absolute atomic E-state index is 8.56. The van der Waals surface area contributed by atoms with E-state index in [0.29, 0.717) is 5.16 Å². The van der Waals surface area contributed by atoms with Crippen LogP contribution in [0, 0.1) is 13.8 Å². The summed E-state index contributed by atoms with van der Waals surface area (Å²) in [5, 5.41) is 14.5. The molecule has 2 N–H and O–H groups in total. The standard InChI is InChI=1S/C10H16N2S.CH2O3/c1-4-5-6-9-7(2)11-10(13)12-8(9)3;2-1(3)4/h4-6H2,1-3H3,(H,11,12,13);(H2,2,3,4). The van der Waals surface area contributed by atoms with Gasteiger partial charge in [0.25, 0.3) is 0 Å². The monoisotopic (exact) mass is 258 g/mol. The van der Waals surface area contributed by atoms with Crippen LogP contribution >= 0.6 is 12.6 Å². The number of carboxylic acid groups (broad SMARTS) is 2. The second kappa shape index (κ2) is 7.89. The van der Waals surface area contributed by atoms with Crippen molar-refractivity contribution in [3.8, 4) is 0 Å². The third kappa shape index (κ3) is 6.78. The number of nitrogens with zero attached hydrogens (tertiary/aromatic N) is 2. The van der Waals surface area contributed by atoms with Gasteiger partial charge in [0.1, 0.15) is 0 Å². The Morgan fingerprint density at radius 1 is 1.24 bits per heavy atom. The Bertz CT molecular complexity index is 356. The van der Waals surface area contributed by atoms with Gasteiger partial charge in [-0.15, -0.1) is 12.6 Å². The fourth-order valence-corrected chi connectivity index (χ4v) is 1.74. The highest BCUT2D eigenvalue weighted by atomic mass is 32.1. The van der Waals surface area contributed by atoms with Crippen LogP contribution < -0.4 is 0 Å². The molecule has 0 aliphatic heterocycles. The zero-order chi connectivity index (χ0) is 13.4. The molecule has 0 radical (unpaired) electrons. The number of thiol groups is 1. The van der Waals surface area contributed by atoms with E-state index in [-0.39, 0.29) is 0 Å². The Hall–Kier alpha value is -1.30. The molecule has 5 nitrogen and oxygen atoms in total. The average molecular weight is 258 g/mol. The van der Waals surface area contributed by atoms with Crippen LogP contribution in [0.3, 0.4) is 0 Å². The van der Waals surface area contributed by atoms with E-state index >= 15 is 0 Å². The lowest BCUT2D eigenvalue weighted by atomic mass is 10.1. The Labute approximate surface area is 106 Å². The highest BCUT2D eigenvalue weighted by Gasteiger charge is 2.05. The molecule has 1 heterocycles. The molecule has 17 heavy (non-hydrogen) atoms. The van der Waals surface area contributed by atoms with Gasteiger partial charge in [-0.05, 0) is 32.3 Å². The molecule has 0 unspecified atom stereocenters.